The predicted molar refractivity (Wildman–Crippen MR) is 132 cm³/mol. The van der Waals surface area contributed by atoms with Gasteiger partial charge in [-0.15, -0.1) is 0 Å². The molecule has 0 bridgehead atoms. The van der Waals surface area contributed by atoms with Crippen molar-refractivity contribution in [1.29, 1.82) is 5.26 Å². The molecule has 0 heterocycles. The van der Waals surface area contributed by atoms with Gasteiger partial charge in [0, 0.05) is 12.6 Å². The summed E-state index contributed by atoms with van der Waals surface area (Å²) >= 11 is 0. The summed E-state index contributed by atoms with van der Waals surface area (Å²) in [6.07, 6.45) is -5.56. The fourth-order valence-corrected chi connectivity index (χ4v) is 5.74. The molecule has 0 N–H and O–H groups in total. The van der Waals surface area contributed by atoms with Crippen LogP contribution in [-0.2, 0) is 24.2 Å². The largest absolute Gasteiger partial charge is 0.417 e. The molecule has 1 aliphatic carbocycles. The van der Waals surface area contributed by atoms with Gasteiger partial charge in [-0.25, -0.2) is 0 Å². The maximum Gasteiger partial charge on any atom is 0.417 e. The van der Waals surface area contributed by atoms with Gasteiger partial charge in [0.05, 0.1) is 22.6 Å². The second-order valence-corrected chi connectivity index (χ2v) is 10.1. The Labute approximate surface area is 215 Å². The number of nitrogens with zero attached hydrogens (tertiary/aromatic N) is 2. The van der Waals surface area contributed by atoms with Crippen LogP contribution in [0.4, 0.5) is 26.3 Å². The van der Waals surface area contributed by atoms with E-state index in [2.05, 4.69) is 23.1 Å². The molecule has 2 nitrogen and oxygen atoms in total. The molecular formula is C29H34F6N2. The lowest BCUT2D eigenvalue weighted by Crippen LogP contribution is -2.39. The molecule has 3 rings (SSSR count). The minimum absolute atomic E-state index is 0.0433. The molecule has 8 heteroatoms. The molecule has 0 radical (unpaired) electrons. The van der Waals surface area contributed by atoms with E-state index in [1.807, 2.05) is 32.0 Å². The molecule has 2 atom stereocenters. The summed E-state index contributed by atoms with van der Waals surface area (Å²) < 4.78 is 81.4. The predicted octanol–water partition coefficient (Wildman–Crippen LogP) is 8.41. The van der Waals surface area contributed by atoms with Crippen molar-refractivity contribution in [3.05, 3.63) is 70.8 Å². The lowest BCUT2D eigenvalue weighted by atomic mass is 9.66. The lowest BCUT2D eigenvalue weighted by Gasteiger charge is -2.37. The van der Waals surface area contributed by atoms with Crippen LogP contribution in [0.3, 0.4) is 0 Å². The van der Waals surface area contributed by atoms with Gasteiger partial charge in [0.1, 0.15) is 0 Å². The standard InChI is InChI=1S/C29H34F6N2/c1-3-37(18-16-22-9-5-4-6-10-22)21(2)15-17-27(20-36,23-11-7-8-12-23)24-13-14-25(28(30,31)32)26(19-24)29(33,34)35/h4-6,9-10,13-14,19,21,23H,3,7-8,11-12,15-18H2,1-2H3. The molecule has 0 aromatic heterocycles. The maximum atomic E-state index is 13.7. The van der Waals surface area contributed by atoms with Crippen LogP contribution in [0.25, 0.3) is 0 Å². The van der Waals surface area contributed by atoms with Gasteiger partial charge in [0.2, 0.25) is 0 Å². The summed E-state index contributed by atoms with van der Waals surface area (Å²) in [5.41, 5.74) is -3.46. The summed E-state index contributed by atoms with van der Waals surface area (Å²) in [6, 6.07) is 14.6. The number of benzene rings is 2. The summed E-state index contributed by atoms with van der Waals surface area (Å²) in [6.45, 7) is 5.65. The molecule has 202 valence electrons. The van der Waals surface area contributed by atoms with E-state index in [9.17, 15) is 31.6 Å². The molecule has 1 fully saturated rings. The topological polar surface area (TPSA) is 27.0 Å². The molecule has 0 saturated heterocycles. The number of likely N-dealkylation sites (N-methyl/N-ethyl adjacent to an activating group) is 1. The van der Waals surface area contributed by atoms with Crippen molar-refractivity contribution in [2.24, 2.45) is 5.92 Å². The fraction of sp³-hybridized carbons (Fsp3) is 0.552. The third-order valence-electron chi connectivity index (χ3n) is 7.91. The summed E-state index contributed by atoms with van der Waals surface area (Å²) in [5.74, 6) is -0.193. The van der Waals surface area contributed by atoms with Gasteiger partial charge in [-0.05, 0) is 74.8 Å². The highest BCUT2D eigenvalue weighted by Gasteiger charge is 2.47. The molecule has 37 heavy (non-hydrogen) atoms. The Bertz CT molecular complexity index is 1050. The van der Waals surface area contributed by atoms with E-state index >= 15 is 0 Å². The number of alkyl halides is 6. The van der Waals surface area contributed by atoms with E-state index in [1.165, 1.54) is 5.56 Å². The van der Waals surface area contributed by atoms with Crippen LogP contribution in [0.15, 0.2) is 48.5 Å². The SMILES string of the molecule is CCN(CCc1ccccc1)C(C)CCC(C#N)(c1ccc(C(F)(F)F)c(C(F)(F)F)c1)C1CCCC1. The Balaban J connectivity index is 1.90. The van der Waals surface area contributed by atoms with Gasteiger partial charge < -0.3 is 4.90 Å². The lowest BCUT2D eigenvalue weighted by molar-refractivity contribution is -0.162. The van der Waals surface area contributed by atoms with E-state index in [-0.39, 0.29) is 17.5 Å². The van der Waals surface area contributed by atoms with Crippen molar-refractivity contribution >= 4 is 0 Å². The first-order valence-electron chi connectivity index (χ1n) is 12.9. The molecule has 1 aliphatic rings. The van der Waals surface area contributed by atoms with Crippen molar-refractivity contribution < 1.29 is 26.3 Å². The zero-order valence-electron chi connectivity index (χ0n) is 21.3. The van der Waals surface area contributed by atoms with Crippen molar-refractivity contribution in [3.63, 3.8) is 0 Å². The Morgan fingerprint density at radius 1 is 0.946 bits per heavy atom. The monoisotopic (exact) mass is 524 g/mol. The van der Waals surface area contributed by atoms with Crippen LogP contribution >= 0.6 is 0 Å². The third-order valence-corrected chi connectivity index (χ3v) is 7.91. The van der Waals surface area contributed by atoms with Crippen molar-refractivity contribution in [2.45, 2.75) is 82.6 Å². The number of rotatable bonds is 10. The van der Waals surface area contributed by atoms with Gasteiger partial charge in [-0.2, -0.15) is 31.6 Å². The smallest absolute Gasteiger partial charge is 0.301 e. The highest BCUT2D eigenvalue weighted by molar-refractivity contribution is 5.43. The number of halogens is 6. The molecule has 2 aromatic carbocycles. The van der Waals surface area contributed by atoms with Crippen LogP contribution in [0.2, 0.25) is 0 Å². The minimum atomic E-state index is -5.18. The zero-order valence-corrected chi connectivity index (χ0v) is 21.3. The fourth-order valence-electron chi connectivity index (χ4n) is 5.74. The van der Waals surface area contributed by atoms with Crippen molar-refractivity contribution in [3.8, 4) is 6.07 Å². The van der Waals surface area contributed by atoms with Crippen LogP contribution in [0.5, 0.6) is 0 Å². The Hall–Kier alpha value is -2.53. The maximum absolute atomic E-state index is 13.7. The van der Waals surface area contributed by atoms with Crippen LogP contribution in [0, 0.1) is 17.2 Å². The van der Waals surface area contributed by atoms with E-state index in [0.29, 0.717) is 37.8 Å². The first-order valence-corrected chi connectivity index (χ1v) is 12.9. The molecule has 2 unspecified atom stereocenters. The van der Waals surface area contributed by atoms with Crippen LogP contribution < -0.4 is 0 Å². The quantitative estimate of drug-likeness (QED) is 0.292. The van der Waals surface area contributed by atoms with Gasteiger partial charge in [-0.3, -0.25) is 0 Å². The Morgan fingerprint density at radius 2 is 1.57 bits per heavy atom. The van der Waals surface area contributed by atoms with Gasteiger partial charge >= 0.3 is 12.4 Å². The summed E-state index contributed by atoms with van der Waals surface area (Å²) in [4.78, 5) is 2.28. The molecule has 0 spiro atoms. The number of hydrogen-bond donors (Lipinski definition) is 0. The van der Waals surface area contributed by atoms with E-state index < -0.39 is 28.9 Å². The van der Waals surface area contributed by atoms with Gasteiger partial charge in [0.25, 0.3) is 0 Å². The average molecular weight is 525 g/mol. The first-order chi connectivity index (χ1) is 17.4. The molecular weight excluding hydrogens is 490 g/mol. The Morgan fingerprint density at radius 3 is 2.11 bits per heavy atom. The Kier molecular flexibility index (Phi) is 9.33. The highest BCUT2D eigenvalue weighted by atomic mass is 19.4. The zero-order chi connectivity index (χ0) is 27.3. The number of hydrogen-bond acceptors (Lipinski definition) is 2. The summed E-state index contributed by atoms with van der Waals surface area (Å²) in [7, 11) is 0. The normalized spacial score (nSPS) is 17.5. The molecule has 0 aliphatic heterocycles. The molecule has 1 saturated carbocycles. The van der Waals surface area contributed by atoms with Crippen LogP contribution in [0.1, 0.15) is 74.6 Å². The highest BCUT2D eigenvalue weighted by Crippen LogP contribution is 2.48. The second-order valence-electron chi connectivity index (χ2n) is 10.1. The van der Waals surface area contributed by atoms with Gasteiger partial charge in [0.15, 0.2) is 0 Å². The van der Waals surface area contributed by atoms with E-state index in [1.54, 1.807) is 0 Å². The van der Waals surface area contributed by atoms with Crippen molar-refractivity contribution in [2.75, 3.05) is 13.1 Å². The van der Waals surface area contributed by atoms with Crippen LogP contribution in [-0.4, -0.2) is 24.0 Å². The van der Waals surface area contributed by atoms with Gasteiger partial charge in [-0.1, -0.05) is 56.2 Å². The second kappa shape index (κ2) is 11.9. The number of nitriles is 1. The summed E-state index contributed by atoms with van der Waals surface area (Å²) in [5, 5.41) is 10.4. The van der Waals surface area contributed by atoms with E-state index in [4.69, 9.17) is 0 Å². The van der Waals surface area contributed by atoms with E-state index in [0.717, 1.165) is 38.4 Å². The average Bonchev–Trinajstić information content (AvgIpc) is 3.40. The first kappa shape index (κ1) is 29.0. The molecule has 2 aromatic rings. The molecule has 0 amide bonds. The van der Waals surface area contributed by atoms with Crippen molar-refractivity contribution in [1.82, 2.24) is 4.90 Å². The third kappa shape index (κ3) is 6.87. The minimum Gasteiger partial charge on any atom is -0.301 e.